The van der Waals surface area contributed by atoms with Gasteiger partial charge >= 0.3 is 5.97 Å². The van der Waals surface area contributed by atoms with Gasteiger partial charge in [0.15, 0.2) is 0 Å². The number of ether oxygens (including phenoxy) is 2. The maximum atomic E-state index is 14.2. The second kappa shape index (κ2) is 12.3. The summed E-state index contributed by atoms with van der Waals surface area (Å²) in [6.07, 6.45) is 8.22. The molecule has 5 rings (SSSR count). The number of pyridine rings is 1. The highest BCUT2D eigenvalue weighted by Crippen LogP contribution is 2.32. The van der Waals surface area contributed by atoms with Crippen molar-refractivity contribution in [2.45, 2.75) is 70.1 Å². The molecule has 8 heteroatoms. The highest BCUT2D eigenvalue weighted by Gasteiger charge is 2.35. The van der Waals surface area contributed by atoms with Crippen molar-refractivity contribution >= 4 is 11.8 Å². The fourth-order valence-corrected chi connectivity index (χ4v) is 5.35. The predicted molar refractivity (Wildman–Crippen MR) is 139 cm³/mol. The Balaban J connectivity index is 1.10. The van der Waals surface area contributed by atoms with Crippen LogP contribution in [0.2, 0.25) is 0 Å². The molecule has 1 saturated heterocycles. The third kappa shape index (κ3) is 7.06. The zero-order valence-corrected chi connectivity index (χ0v) is 21.5. The standard InChI is InChI=1S/C29H38FN3O4/c30-23-10-8-22(19-36-18-20-6-7-20)26(16-23)27(29(34)35)33-14-12-25(17-33)37-15-2-1-5-24-11-9-21-4-3-13-31-28(21)32-24/h8-11,16,20,25,27H,1-7,12-15,17-19H2,(H,31,32)(H,34,35). The number of likely N-dealkylation sites (tertiary alicyclic amines) is 1. The summed E-state index contributed by atoms with van der Waals surface area (Å²) in [6, 6.07) is 7.80. The Morgan fingerprint density at radius 3 is 2.95 bits per heavy atom. The van der Waals surface area contributed by atoms with Crippen molar-refractivity contribution in [1.29, 1.82) is 0 Å². The molecule has 0 spiro atoms. The quantitative estimate of drug-likeness (QED) is 0.376. The number of carboxylic acid groups (broad SMARTS) is 1. The average Bonchev–Trinajstić information content (AvgIpc) is 3.61. The summed E-state index contributed by atoms with van der Waals surface area (Å²) in [7, 11) is 0. The van der Waals surface area contributed by atoms with Crippen molar-refractivity contribution in [2.75, 3.05) is 38.2 Å². The number of nitrogens with zero attached hydrogens (tertiary/aromatic N) is 2. The summed E-state index contributed by atoms with van der Waals surface area (Å²) >= 11 is 0. The maximum Gasteiger partial charge on any atom is 0.325 e. The van der Waals surface area contributed by atoms with E-state index in [2.05, 4.69) is 17.4 Å². The van der Waals surface area contributed by atoms with Gasteiger partial charge in [0.1, 0.15) is 17.7 Å². The van der Waals surface area contributed by atoms with Gasteiger partial charge in [0.05, 0.1) is 12.7 Å². The molecule has 200 valence electrons. The van der Waals surface area contributed by atoms with Gasteiger partial charge < -0.3 is 19.9 Å². The van der Waals surface area contributed by atoms with E-state index < -0.39 is 17.8 Å². The van der Waals surface area contributed by atoms with Crippen molar-refractivity contribution in [3.63, 3.8) is 0 Å². The first-order valence-electron chi connectivity index (χ1n) is 13.7. The van der Waals surface area contributed by atoms with Crippen molar-refractivity contribution in [1.82, 2.24) is 9.88 Å². The molecule has 1 saturated carbocycles. The van der Waals surface area contributed by atoms with Crippen molar-refractivity contribution in [3.05, 3.63) is 58.5 Å². The molecule has 1 aromatic heterocycles. The SMILES string of the molecule is O=C(O)C(c1cc(F)ccc1COCC1CC1)N1CCC(OCCCCc2ccc3c(n2)NCCC3)C1. The van der Waals surface area contributed by atoms with E-state index >= 15 is 0 Å². The molecule has 2 unspecified atom stereocenters. The van der Waals surface area contributed by atoms with Gasteiger partial charge in [-0.25, -0.2) is 9.37 Å². The number of halogens is 1. The first kappa shape index (κ1) is 26.1. The van der Waals surface area contributed by atoms with E-state index in [-0.39, 0.29) is 6.10 Å². The number of carbonyl (C=O) groups is 1. The van der Waals surface area contributed by atoms with Crippen LogP contribution >= 0.6 is 0 Å². The number of fused-ring (bicyclic) bond motifs is 1. The minimum atomic E-state index is -0.971. The number of carboxylic acids is 1. The fourth-order valence-electron chi connectivity index (χ4n) is 5.35. The summed E-state index contributed by atoms with van der Waals surface area (Å²) in [6.45, 7) is 3.74. The lowest BCUT2D eigenvalue weighted by Crippen LogP contribution is -2.34. The van der Waals surface area contributed by atoms with Crippen molar-refractivity contribution < 1.29 is 23.8 Å². The van der Waals surface area contributed by atoms with E-state index in [9.17, 15) is 14.3 Å². The highest BCUT2D eigenvalue weighted by molar-refractivity contribution is 5.76. The van der Waals surface area contributed by atoms with Crippen molar-refractivity contribution in [3.8, 4) is 0 Å². The van der Waals surface area contributed by atoms with Crippen LogP contribution in [0.25, 0.3) is 0 Å². The Labute approximate surface area is 218 Å². The third-order valence-electron chi connectivity index (χ3n) is 7.62. The van der Waals surface area contributed by atoms with Gasteiger partial charge in [0, 0.05) is 38.5 Å². The van der Waals surface area contributed by atoms with E-state index in [1.54, 1.807) is 6.07 Å². The summed E-state index contributed by atoms with van der Waals surface area (Å²) < 4.78 is 26.1. The number of hydrogen-bond donors (Lipinski definition) is 2. The molecule has 0 radical (unpaired) electrons. The second-order valence-electron chi connectivity index (χ2n) is 10.6. The van der Waals surface area contributed by atoms with Gasteiger partial charge in [-0.3, -0.25) is 9.69 Å². The molecule has 2 aliphatic heterocycles. The fraction of sp³-hybridized carbons (Fsp3) is 0.586. The van der Waals surface area contributed by atoms with Gasteiger partial charge in [-0.15, -0.1) is 0 Å². The van der Waals surface area contributed by atoms with E-state index in [1.807, 2.05) is 4.90 Å². The van der Waals surface area contributed by atoms with E-state index in [1.165, 1.54) is 30.5 Å². The Morgan fingerprint density at radius 1 is 1.22 bits per heavy atom. The molecular weight excluding hydrogens is 473 g/mol. The van der Waals surface area contributed by atoms with E-state index in [0.29, 0.717) is 44.4 Å². The molecule has 2 N–H and O–H groups in total. The van der Waals surface area contributed by atoms with E-state index in [0.717, 1.165) is 62.1 Å². The number of nitrogens with one attached hydrogen (secondary N) is 1. The Hall–Kier alpha value is -2.55. The van der Waals surface area contributed by atoms with Crippen LogP contribution in [0.15, 0.2) is 30.3 Å². The van der Waals surface area contributed by atoms with Gasteiger partial charge in [0.2, 0.25) is 0 Å². The first-order valence-corrected chi connectivity index (χ1v) is 13.7. The second-order valence-corrected chi connectivity index (χ2v) is 10.6. The number of unbranched alkanes of at least 4 members (excludes halogenated alkanes) is 1. The van der Waals surface area contributed by atoms with Crippen LogP contribution in [-0.4, -0.2) is 59.9 Å². The minimum Gasteiger partial charge on any atom is -0.480 e. The van der Waals surface area contributed by atoms with Crippen LogP contribution in [0.4, 0.5) is 10.2 Å². The topological polar surface area (TPSA) is 83.9 Å². The van der Waals surface area contributed by atoms with Crippen LogP contribution in [-0.2, 0) is 33.7 Å². The maximum absolute atomic E-state index is 14.2. The van der Waals surface area contributed by atoms with Gasteiger partial charge in [-0.1, -0.05) is 12.1 Å². The molecule has 2 aromatic rings. The smallest absolute Gasteiger partial charge is 0.325 e. The highest BCUT2D eigenvalue weighted by atomic mass is 19.1. The molecule has 1 aromatic carbocycles. The largest absolute Gasteiger partial charge is 0.480 e. The van der Waals surface area contributed by atoms with Gasteiger partial charge in [0.25, 0.3) is 0 Å². The lowest BCUT2D eigenvalue weighted by Gasteiger charge is -2.26. The summed E-state index contributed by atoms with van der Waals surface area (Å²) in [5.41, 5.74) is 3.64. The molecule has 37 heavy (non-hydrogen) atoms. The van der Waals surface area contributed by atoms with Gasteiger partial charge in [-0.05, 0) is 92.2 Å². The Kier molecular flexibility index (Phi) is 8.69. The number of hydrogen-bond acceptors (Lipinski definition) is 6. The molecule has 0 bridgehead atoms. The first-order chi connectivity index (χ1) is 18.1. The number of aromatic nitrogens is 1. The van der Waals surface area contributed by atoms with Crippen LogP contribution in [0.1, 0.15) is 67.0 Å². The summed E-state index contributed by atoms with van der Waals surface area (Å²) in [4.78, 5) is 19.0. The number of benzene rings is 1. The number of rotatable bonds is 13. The molecule has 3 aliphatic rings. The lowest BCUT2D eigenvalue weighted by molar-refractivity contribution is -0.143. The normalized spacial score (nSPS) is 20.4. The predicted octanol–water partition coefficient (Wildman–Crippen LogP) is 4.74. The average molecular weight is 512 g/mol. The molecular formula is C29H38FN3O4. The van der Waals surface area contributed by atoms with Crippen LogP contribution in [0, 0.1) is 11.7 Å². The molecule has 1 aliphatic carbocycles. The van der Waals surface area contributed by atoms with Crippen LogP contribution in [0.5, 0.6) is 0 Å². The molecule has 0 amide bonds. The monoisotopic (exact) mass is 511 g/mol. The summed E-state index contributed by atoms with van der Waals surface area (Å²) in [5, 5.41) is 13.5. The number of aryl methyl sites for hydroxylation is 2. The van der Waals surface area contributed by atoms with Crippen molar-refractivity contribution in [2.24, 2.45) is 5.92 Å². The zero-order chi connectivity index (χ0) is 25.6. The number of aliphatic carboxylic acids is 1. The zero-order valence-electron chi connectivity index (χ0n) is 21.5. The van der Waals surface area contributed by atoms with Crippen LogP contribution < -0.4 is 5.32 Å². The Morgan fingerprint density at radius 2 is 2.11 bits per heavy atom. The third-order valence-corrected chi connectivity index (χ3v) is 7.62. The summed E-state index contributed by atoms with van der Waals surface area (Å²) in [5.74, 6) is 0.252. The minimum absolute atomic E-state index is 0.0176. The molecule has 2 fully saturated rings. The lowest BCUT2D eigenvalue weighted by atomic mass is 9.99. The van der Waals surface area contributed by atoms with E-state index in [4.69, 9.17) is 14.5 Å². The molecule has 7 nitrogen and oxygen atoms in total. The molecule has 3 heterocycles. The van der Waals surface area contributed by atoms with Gasteiger partial charge in [-0.2, -0.15) is 0 Å². The Bertz CT molecular complexity index is 1080. The number of anilines is 1. The van der Waals surface area contributed by atoms with Crippen LogP contribution in [0.3, 0.4) is 0 Å². The molecule has 2 atom stereocenters.